The van der Waals surface area contributed by atoms with Crippen LogP contribution in [0.5, 0.6) is 0 Å². The van der Waals surface area contributed by atoms with Crippen LogP contribution in [0.4, 0.5) is 0 Å². The van der Waals surface area contributed by atoms with Gasteiger partial charge in [0.1, 0.15) is 0 Å². The van der Waals surface area contributed by atoms with Crippen molar-refractivity contribution >= 4 is 0 Å². The number of hydrogen-bond acceptors (Lipinski definition) is 3. The lowest BCUT2D eigenvalue weighted by Gasteiger charge is -2.33. The second-order valence-electron chi connectivity index (χ2n) is 7.13. The predicted molar refractivity (Wildman–Crippen MR) is 78.2 cm³/mol. The summed E-state index contributed by atoms with van der Waals surface area (Å²) in [6, 6.07) is 1.61. The molecule has 0 spiro atoms. The number of nitrogens with zero attached hydrogens (tertiary/aromatic N) is 1. The average molecular weight is 266 g/mol. The standard InChI is InChI=1S/C16H30N2O/c1-2-9-17-16(12-19)8-7-15(10-16)18(14-5-6-14)11-13-3-4-13/h13-15,17,19H,2-12H2,1H3. The molecule has 0 aromatic rings. The lowest BCUT2D eigenvalue weighted by atomic mass is 9.98. The Labute approximate surface area is 117 Å². The SMILES string of the molecule is CCCNC1(CO)CCC(N(CC2CC2)C2CC2)C1. The molecule has 3 nitrogen and oxygen atoms in total. The van der Waals surface area contributed by atoms with Crippen LogP contribution in [0.25, 0.3) is 0 Å². The minimum Gasteiger partial charge on any atom is -0.394 e. The van der Waals surface area contributed by atoms with E-state index in [1.807, 2.05) is 0 Å². The van der Waals surface area contributed by atoms with E-state index in [1.54, 1.807) is 0 Å². The van der Waals surface area contributed by atoms with E-state index >= 15 is 0 Å². The molecule has 0 radical (unpaired) electrons. The Kier molecular flexibility index (Phi) is 4.16. The second-order valence-corrected chi connectivity index (χ2v) is 7.13. The van der Waals surface area contributed by atoms with Crippen LogP contribution >= 0.6 is 0 Å². The maximum absolute atomic E-state index is 9.81. The smallest absolute Gasteiger partial charge is 0.0613 e. The molecule has 110 valence electrons. The molecule has 3 heteroatoms. The second kappa shape index (κ2) is 5.71. The maximum atomic E-state index is 9.81. The van der Waals surface area contributed by atoms with Crippen molar-refractivity contribution in [2.24, 2.45) is 5.92 Å². The van der Waals surface area contributed by atoms with E-state index in [0.717, 1.165) is 43.8 Å². The number of rotatable bonds is 8. The van der Waals surface area contributed by atoms with Crippen molar-refractivity contribution in [2.45, 2.75) is 75.9 Å². The Balaban J connectivity index is 1.58. The summed E-state index contributed by atoms with van der Waals surface area (Å²) in [5.74, 6) is 0.994. The molecular weight excluding hydrogens is 236 g/mol. The number of aliphatic hydroxyl groups is 1. The van der Waals surface area contributed by atoms with Gasteiger partial charge in [-0.15, -0.1) is 0 Å². The lowest BCUT2D eigenvalue weighted by molar-refractivity contribution is 0.136. The van der Waals surface area contributed by atoms with Gasteiger partial charge >= 0.3 is 0 Å². The highest BCUT2D eigenvalue weighted by Crippen LogP contribution is 2.41. The quantitative estimate of drug-likeness (QED) is 0.706. The summed E-state index contributed by atoms with van der Waals surface area (Å²) in [5, 5.41) is 13.4. The third-order valence-electron chi connectivity index (χ3n) is 5.29. The largest absolute Gasteiger partial charge is 0.394 e. The van der Waals surface area contributed by atoms with Gasteiger partial charge in [0.2, 0.25) is 0 Å². The summed E-state index contributed by atoms with van der Waals surface area (Å²) in [6.45, 7) is 4.89. The van der Waals surface area contributed by atoms with Crippen molar-refractivity contribution in [3.05, 3.63) is 0 Å². The lowest BCUT2D eigenvalue weighted by Crippen LogP contribution is -2.48. The van der Waals surface area contributed by atoms with Gasteiger partial charge in [-0.1, -0.05) is 6.92 Å². The number of nitrogens with one attached hydrogen (secondary N) is 1. The topological polar surface area (TPSA) is 35.5 Å². The van der Waals surface area contributed by atoms with E-state index in [4.69, 9.17) is 0 Å². The zero-order chi connectivity index (χ0) is 13.3. The van der Waals surface area contributed by atoms with Gasteiger partial charge in [0, 0.05) is 24.2 Å². The van der Waals surface area contributed by atoms with Crippen LogP contribution in [0.2, 0.25) is 0 Å². The van der Waals surface area contributed by atoms with Crippen molar-refractivity contribution in [1.82, 2.24) is 10.2 Å². The molecule has 0 saturated heterocycles. The fourth-order valence-corrected chi connectivity index (χ4v) is 3.73. The first-order valence-electron chi connectivity index (χ1n) is 8.38. The van der Waals surface area contributed by atoms with E-state index < -0.39 is 0 Å². The number of hydrogen-bond donors (Lipinski definition) is 2. The fraction of sp³-hybridized carbons (Fsp3) is 1.00. The van der Waals surface area contributed by atoms with Crippen LogP contribution in [-0.4, -0.2) is 47.3 Å². The molecule has 3 aliphatic rings. The van der Waals surface area contributed by atoms with E-state index in [0.29, 0.717) is 6.61 Å². The number of aliphatic hydroxyl groups excluding tert-OH is 1. The summed E-state index contributed by atoms with van der Waals surface area (Å²) in [7, 11) is 0. The molecule has 3 saturated carbocycles. The molecule has 3 aliphatic carbocycles. The minimum atomic E-state index is 0.0252. The molecule has 2 unspecified atom stereocenters. The Morgan fingerprint density at radius 3 is 2.53 bits per heavy atom. The first-order valence-corrected chi connectivity index (χ1v) is 8.38. The summed E-state index contributed by atoms with van der Waals surface area (Å²) in [6.07, 6.45) is 10.5. The molecular formula is C16H30N2O. The van der Waals surface area contributed by atoms with E-state index in [1.165, 1.54) is 38.6 Å². The van der Waals surface area contributed by atoms with Gasteiger partial charge in [0.15, 0.2) is 0 Å². The maximum Gasteiger partial charge on any atom is 0.0613 e. The highest BCUT2D eigenvalue weighted by Gasteiger charge is 2.45. The molecule has 2 atom stereocenters. The monoisotopic (exact) mass is 266 g/mol. The van der Waals surface area contributed by atoms with Crippen LogP contribution < -0.4 is 5.32 Å². The minimum absolute atomic E-state index is 0.0252. The van der Waals surface area contributed by atoms with Crippen molar-refractivity contribution in [1.29, 1.82) is 0 Å². The Hall–Kier alpha value is -0.120. The molecule has 19 heavy (non-hydrogen) atoms. The Morgan fingerprint density at radius 2 is 1.95 bits per heavy atom. The summed E-state index contributed by atoms with van der Waals surface area (Å²) >= 11 is 0. The zero-order valence-electron chi connectivity index (χ0n) is 12.4. The van der Waals surface area contributed by atoms with E-state index in [-0.39, 0.29) is 5.54 Å². The first-order chi connectivity index (χ1) is 9.26. The fourth-order valence-electron chi connectivity index (χ4n) is 3.73. The summed E-state index contributed by atoms with van der Waals surface area (Å²) in [5.41, 5.74) is 0.0252. The van der Waals surface area contributed by atoms with Gasteiger partial charge < -0.3 is 10.4 Å². The van der Waals surface area contributed by atoms with Crippen molar-refractivity contribution in [3.8, 4) is 0 Å². The van der Waals surface area contributed by atoms with Gasteiger partial charge in [-0.3, -0.25) is 4.90 Å². The van der Waals surface area contributed by atoms with Crippen molar-refractivity contribution in [3.63, 3.8) is 0 Å². The highest BCUT2D eigenvalue weighted by atomic mass is 16.3. The highest BCUT2D eigenvalue weighted by molar-refractivity contribution is 5.02. The third kappa shape index (κ3) is 3.32. The van der Waals surface area contributed by atoms with Crippen LogP contribution in [0.3, 0.4) is 0 Å². The van der Waals surface area contributed by atoms with E-state index in [2.05, 4.69) is 17.1 Å². The van der Waals surface area contributed by atoms with Gasteiger partial charge in [-0.05, 0) is 63.8 Å². The summed E-state index contributed by atoms with van der Waals surface area (Å²) < 4.78 is 0. The third-order valence-corrected chi connectivity index (χ3v) is 5.29. The first kappa shape index (κ1) is 13.8. The summed E-state index contributed by atoms with van der Waals surface area (Å²) in [4.78, 5) is 2.81. The molecule has 0 aromatic heterocycles. The van der Waals surface area contributed by atoms with Crippen LogP contribution in [0.15, 0.2) is 0 Å². The van der Waals surface area contributed by atoms with Crippen molar-refractivity contribution < 1.29 is 5.11 Å². The molecule has 3 fully saturated rings. The molecule has 0 bridgehead atoms. The zero-order valence-corrected chi connectivity index (χ0v) is 12.4. The van der Waals surface area contributed by atoms with Crippen LogP contribution in [-0.2, 0) is 0 Å². The Bertz CT molecular complexity index is 301. The van der Waals surface area contributed by atoms with Crippen molar-refractivity contribution in [2.75, 3.05) is 19.7 Å². The molecule has 2 N–H and O–H groups in total. The Morgan fingerprint density at radius 1 is 1.16 bits per heavy atom. The predicted octanol–water partition coefficient (Wildman–Crippen LogP) is 2.14. The molecule has 3 rings (SSSR count). The van der Waals surface area contributed by atoms with Gasteiger partial charge in [-0.2, -0.15) is 0 Å². The molecule has 0 aromatic carbocycles. The van der Waals surface area contributed by atoms with E-state index in [9.17, 15) is 5.11 Å². The molecule has 0 aliphatic heterocycles. The van der Waals surface area contributed by atoms with Gasteiger partial charge in [-0.25, -0.2) is 0 Å². The van der Waals surface area contributed by atoms with Gasteiger partial charge in [0.05, 0.1) is 6.61 Å². The van der Waals surface area contributed by atoms with Gasteiger partial charge in [0.25, 0.3) is 0 Å². The average Bonchev–Trinajstić information content (AvgIpc) is 3.33. The normalized spacial score (nSPS) is 35.2. The molecule has 0 amide bonds. The van der Waals surface area contributed by atoms with Crippen LogP contribution in [0.1, 0.15) is 58.3 Å². The molecule has 0 heterocycles. The van der Waals surface area contributed by atoms with Crippen LogP contribution in [0, 0.1) is 5.92 Å².